The Bertz CT molecular complexity index is 587. The normalized spacial score (nSPS) is 15.7. The van der Waals surface area contributed by atoms with Crippen molar-refractivity contribution in [1.82, 2.24) is 9.80 Å². The Morgan fingerprint density at radius 3 is 2.60 bits per heavy atom. The van der Waals surface area contributed by atoms with Gasteiger partial charge in [0.05, 0.1) is 4.92 Å². The van der Waals surface area contributed by atoms with E-state index in [1.165, 1.54) is 28.0 Å². The summed E-state index contributed by atoms with van der Waals surface area (Å²) in [4.78, 5) is 36.2. The van der Waals surface area contributed by atoms with Crippen molar-refractivity contribution in [3.63, 3.8) is 0 Å². The van der Waals surface area contributed by atoms with Crippen molar-refractivity contribution >= 4 is 23.2 Å². The van der Waals surface area contributed by atoms with Gasteiger partial charge >= 0.3 is 11.8 Å². The molecule has 1 aromatic carbocycles. The van der Waals surface area contributed by atoms with Crippen molar-refractivity contribution in [3.05, 3.63) is 33.9 Å². The van der Waals surface area contributed by atoms with Crippen LogP contribution < -0.4 is 5.73 Å². The molecule has 1 fully saturated rings. The number of carbonyl (C=O) groups is 2. The molecule has 1 aliphatic heterocycles. The van der Waals surface area contributed by atoms with Gasteiger partial charge in [-0.1, -0.05) is 6.07 Å². The summed E-state index contributed by atoms with van der Waals surface area (Å²) in [6, 6.07) is 4.28. The van der Waals surface area contributed by atoms with Gasteiger partial charge in [-0.25, -0.2) is 0 Å². The maximum absolute atomic E-state index is 11.8. The zero-order chi connectivity index (χ0) is 14.9. The van der Waals surface area contributed by atoms with Gasteiger partial charge in [0, 0.05) is 32.7 Å². The number of nitro groups is 1. The molecule has 20 heavy (non-hydrogen) atoms. The van der Waals surface area contributed by atoms with Crippen LogP contribution in [0.5, 0.6) is 0 Å². The van der Waals surface area contributed by atoms with E-state index in [0.29, 0.717) is 18.7 Å². The number of anilines is 1. The Morgan fingerprint density at radius 2 is 2.00 bits per heavy atom. The van der Waals surface area contributed by atoms with E-state index in [9.17, 15) is 19.7 Å². The second-order valence-electron chi connectivity index (χ2n) is 4.60. The molecule has 8 nitrogen and oxygen atoms in total. The zero-order valence-corrected chi connectivity index (χ0v) is 10.9. The molecular weight excluding hydrogens is 264 g/mol. The third-order valence-electron chi connectivity index (χ3n) is 3.18. The minimum Gasteiger partial charge on any atom is -0.393 e. The Morgan fingerprint density at radius 1 is 1.30 bits per heavy atom. The number of nitrogen functional groups attached to an aromatic ring is 1. The van der Waals surface area contributed by atoms with Crippen molar-refractivity contribution in [2.24, 2.45) is 0 Å². The number of amides is 2. The summed E-state index contributed by atoms with van der Waals surface area (Å²) < 4.78 is 0. The van der Waals surface area contributed by atoms with Crippen molar-refractivity contribution < 1.29 is 14.5 Å². The maximum atomic E-state index is 11.8. The van der Waals surface area contributed by atoms with Gasteiger partial charge in [-0.05, 0) is 11.6 Å². The first-order valence-corrected chi connectivity index (χ1v) is 5.97. The molecule has 0 spiro atoms. The molecule has 2 rings (SSSR count). The number of benzene rings is 1. The van der Waals surface area contributed by atoms with Gasteiger partial charge in [0.25, 0.3) is 5.69 Å². The fraction of sp³-hybridized carbons (Fsp3) is 0.333. The third-order valence-corrected chi connectivity index (χ3v) is 3.18. The molecule has 1 heterocycles. The first kappa shape index (κ1) is 13.8. The fourth-order valence-electron chi connectivity index (χ4n) is 2.01. The first-order chi connectivity index (χ1) is 9.40. The summed E-state index contributed by atoms with van der Waals surface area (Å²) in [7, 11) is 1.57. The Kier molecular flexibility index (Phi) is 3.55. The SMILES string of the molecule is CN1CCN(Cc2ccc([N+](=O)[O-])c(N)c2)C(=O)C1=O. The molecule has 0 aliphatic carbocycles. The van der Waals surface area contributed by atoms with Crippen LogP contribution in [0.4, 0.5) is 11.4 Å². The highest BCUT2D eigenvalue weighted by molar-refractivity contribution is 6.35. The number of rotatable bonds is 3. The van der Waals surface area contributed by atoms with Crippen LogP contribution in [-0.4, -0.2) is 46.7 Å². The van der Waals surface area contributed by atoms with Crippen LogP contribution in [-0.2, 0) is 16.1 Å². The minimum absolute atomic E-state index is 0.0420. The summed E-state index contributed by atoms with van der Waals surface area (Å²) in [5, 5.41) is 10.7. The lowest BCUT2D eigenvalue weighted by Crippen LogP contribution is -2.52. The van der Waals surface area contributed by atoms with Gasteiger partial charge in [-0.15, -0.1) is 0 Å². The number of nitrogens with zero attached hydrogens (tertiary/aromatic N) is 3. The molecule has 0 aromatic heterocycles. The number of piperazine rings is 1. The summed E-state index contributed by atoms with van der Waals surface area (Å²) in [5.41, 5.74) is 6.11. The van der Waals surface area contributed by atoms with Crippen molar-refractivity contribution in [2.45, 2.75) is 6.54 Å². The molecule has 2 amide bonds. The molecule has 0 unspecified atom stereocenters. The van der Waals surface area contributed by atoms with Crippen molar-refractivity contribution in [2.75, 3.05) is 25.9 Å². The molecule has 2 N–H and O–H groups in total. The van der Waals surface area contributed by atoms with E-state index >= 15 is 0 Å². The maximum Gasteiger partial charge on any atom is 0.312 e. The van der Waals surface area contributed by atoms with Crippen LogP contribution in [0.3, 0.4) is 0 Å². The van der Waals surface area contributed by atoms with Crippen LogP contribution in [0, 0.1) is 10.1 Å². The molecule has 1 saturated heterocycles. The van der Waals surface area contributed by atoms with E-state index in [1.54, 1.807) is 7.05 Å². The molecular formula is C12H14N4O4. The Hall–Kier alpha value is -2.64. The van der Waals surface area contributed by atoms with Gasteiger partial charge in [0.2, 0.25) is 0 Å². The second-order valence-corrected chi connectivity index (χ2v) is 4.60. The van der Waals surface area contributed by atoms with Crippen LogP contribution >= 0.6 is 0 Å². The molecule has 0 radical (unpaired) electrons. The van der Waals surface area contributed by atoms with E-state index in [0.717, 1.165) is 0 Å². The largest absolute Gasteiger partial charge is 0.393 e. The molecule has 0 bridgehead atoms. The minimum atomic E-state index is -0.573. The Balaban J connectivity index is 2.15. The van der Waals surface area contributed by atoms with E-state index in [2.05, 4.69) is 0 Å². The summed E-state index contributed by atoms with van der Waals surface area (Å²) in [6.07, 6.45) is 0. The zero-order valence-electron chi connectivity index (χ0n) is 10.9. The van der Waals surface area contributed by atoms with Gasteiger partial charge in [0.1, 0.15) is 5.69 Å². The average Bonchev–Trinajstić information content (AvgIpc) is 2.39. The molecule has 8 heteroatoms. The van der Waals surface area contributed by atoms with Gasteiger partial charge in [-0.2, -0.15) is 0 Å². The van der Waals surface area contributed by atoms with Crippen LogP contribution in [0.2, 0.25) is 0 Å². The smallest absolute Gasteiger partial charge is 0.312 e. The monoisotopic (exact) mass is 278 g/mol. The Labute approximate surface area is 114 Å². The lowest BCUT2D eigenvalue weighted by Gasteiger charge is -2.31. The summed E-state index contributed by atoms with van der Waals surface area (Å²) in [5.74, 6) is -1.12. The predicted octanol–water partition coefficient (Wildman–Crippen LogP) is -0.0224. The molecule has 0 saturated carbocycles. The lowest BCUT2D eigenvalue weighted by molar-refractivity contribution is -0.383. The van der Waals surface area contributed by atoms with Crippen molar-refractivity contribution in [3.8, 4) is 0 Å². The van der Waals surface area contributed by atoms with E-state index < -0.39 is 16.7 Å². The topological polar surface area (TPSA) is 110 Å². The fourth-order valence-corrected chi connectivity index (χ4v) is 2.01. The molecule has 0 atom stereocenters. The number of hydrogen-bond donors (Lipinski definition) is 1. The van der Waals surface area contributed by atoms with Crippen molar-refractivity contribution in [1.29, 1.82) is 0 Å². The molecule has 1 aromatic rings. The number of hydrogen-bond acceptors (Lipinski definition) is 5. The van der Waals surface area contributed by atoms with Crippen LogP contribution in [0.1, 0.15) is 5.56 Å². The lowest BCUT2D eigenvalue weighted by atomic mass is 10.1. The average molecular weight is 278 g/mol. The number of likely N-dealkylation sites (N-methyl/N-ethyl adjacent to an activating group) is 1. The van der Waals surface area contributed by atoms with E-state index in [-0.39, 0.29) is 17.9 Å². The number of nitro benzene ring substituents is 1. The quantitative estimate of drug-likeness (QED) is 0.361. The van der Waals surface area contributed by atoms with E-state index in [1.807, 2.05) is 0 Å². The van der Waals surface area contributed by atoms with Gasteiger partial charge < -0.3 is 15.5 Å². The van der Waals surface area contributed by atoms with Gasteiger partial charge in [0.15, 0.2) is 0 Å². The first-order valence-electron chi connectivity index (χ1n) is 5.97. The van der Waals surface area contributed by atoms with Gasteiger partial charge in [-0.3, -0.25) is 19.7 Å². The second kappa shape index (κ2) is 5.16. The standard InChI is InChI=1S/C12H14N4O4/c1-14-4-5-15(12(18)11(14)17)7-8-2-3-10(16(19)20)9(13)6-8/h2-3,6H,4-5,7,13H2,1H3. The molecule has 1 aliphatic rings. The summed E-state index contributed by atoms with van der Waals surface area (Å²) >= 11 is 0. The summed E-state index contributed by atoms with van der Waals surface area (Å²) in [6.45, 7) is 1.10. The molecule has 106 valence electrons. The van der Waals surface area contributed by atoms with Crippen LogP contribution in [0.15, 0.2) is 18.2 Å². The predicted molar refractivity (Wildman–Crippen MR) is 70.6 cm³/mol. The third kappa shape index (κ3) is 2.53. The van der Waals surface area contributed by atoms with Crippen LogP contribution in [0.25, 0.3) is 0 Å². The highest BCUT2D eigenvalue weighted by atomic mass is 16.6. The van der Waals surface area contributed by atoms with E-state index in [4.69, 9.17) is 5.73 Å². The highest BCUT2D eigenvalue weighted by Gasteiger charge is 2.30. The number of nitrogens with two attached hydrogens (primary N) is 1. The highest BCUT2D eigenvalue weighted by Crippen LogP contribution is 2.23. The number of carbonyl (C=O) groups excluding carboxylic acids is 2.